The Hall–Kier alpha value is -2.49. The number of carbonyl (C=O) groups is 1. The van der Waals surface area contributed by atoms with E-state index in [0.29, 0.717) is 17.2 Å². The standard InChI is InChI=1S/C14H13NO3/c1-10(16)15-13-4-2-3-5-14(13)18-12-8-6-11(17)7-9-12/h2-9,17H,1H3,(H,15,16). The summed E-state index contributed by atoms with van der Waals surface area (Å²) in [5.74, 6) is 1.17. The van der Waals surface area contributed by atoms with Gasteiger partial charge in [0.05, 0.1) is 5.69 Å². The van der Waals surface area contributed by atoms with Crippen LogP contribution in [0.25, 0.3) is 0 Å². The van der Waals surface area contributed by atoms with E-state index in [1.807, 2.05) is 12.1 Å². The number of para-hydroxylation sites is 2. The molecule has 0 fully saturated rings. The summed E-state index contributed by atoms with van der Waals surface area (Å²) in [5, 5.41) is 11.9. The molecule has 0 aliphatic heterocycles. The molecule has 4 nitrogen and oxygen atoms in total. The summed E-state index contributed by atoms with van der Waals surface area (Å²) >= 11 is 0. The minimum absolute atomic E-state index is 0.156. The minimum Gasteiger partial charge on any atom is -0.508 e. The van der Waals surface area contributed by atoms with Crippen LogP contribution in [0.15, 0.2) is 48.5 Å². The van der Waals surface area contributed by atoms with Crippen LogP contribution in [0.5, 0.6) is 17.2 Å². The van der Waals surface area contributed by atoms with Crippen LogP contribution in [0.3, 0.4) is 0 Å². The number of hydrogen-bond donors (Lipinski definition) is 2. The van der Waals surface area contributed by atoms with E-state index in [1.165, 1.54) is 19.1 Å². The monoisotopic (exact) mass is 243 g/mol. The number of benzene rings is 2. The summed E-state index contributed by atoms with van der Waals surface area (Å²) in [7, 11) is 0. The highest BCUT2D eigenvalue weighted by molar-refractivity contribution is 5.90. The second kappa shape index (κ2) is 5.23. The molecule has 0 saturated carbocycles. The molecule has 0 bridgehead atoms. The average molecular weight is 243 g/mol. The molecular weight excluding hydrogens is 230 g/mol. The van der Waals surface area contributed by atoms with Crippen molar-refractivity contribution < 1.29 is 14.6 Å². The minimum atomic E-state index is -0.156. The molecule has 2 aromatic carbocycles. The lowest BCUT2D eigenvalue weighted by Crippen LogP contribution is -2.06. The maximum absolute atomic E-state index is 11.1. The summed E-state index contributed by atoms with van der Waals surface area (Å²) < 4.78 is 5.64. The fourth-order valence-electron chi connectivity index (χ4n) is 1.49. The highest BCUT2D eigenvalue weighted by atomic mass is 16.5. The number of aromatic hydroxyl groups is 1. The van der Waals surface area contributed by atoms with Gasteiger partial charge in [-0.25, -0.2) is 0 Å². The first-order valence-corrected chi connectivity index (χ1v) is 5.48. The fraction of sp³-hybridized carbons (Fsp3) is 0.0714. The van der Waals surface area contributed by atoms with Gasteiger partial charge >= 0.3 is 0 Å². The number of ether oxygens (including phenoxy) is 1. The molecule has 0 radical (unpaired) electrons. The Morgan fingerprint density at radius 1 is 1.11 bits per heavy atom. The largest absolute Gasteiger partial charge is 0.508 e. The van der Waals surface area contributed by atoms with Crippen LogP contribution >= 0.6 is 0 Å². The van der Waals surface area contributed by atoms with Gasteiger partial charge in [0.25, 0.3) is 0 Å². The Morgan fingerprint density at radius 2 is 1.78 bits per heavy atom. The SMILES string of the molecule is CC(=O)Nc1ccccc1Oc1ccc(O)cc1. The van der Waals surface area contributed by atoms with Gasteiger partial charge in [0, 0.05) is 6.92 Å². The van der Waals surface area contributed by atoms with Gasteiger partial charge in [-0.05, 0) is 36.4 Å². The lowest BCUT2D eigenvalue weighted by atomic mass is 10.3. The van der Waals surface area contributed by atoms with E-state index in [9.17, 15) is 9.90 Å². The molecule has 0 atom stereocenters. The highest BCUT2D eigenvalue weighted by Gasteiger charge is 2.05. The van der Waals surface area contributed by atoms with Crippen molar-refractivity contribution in [2.24, 2.45) is 0 Å². The lowest BCUT2D eigenvalue weighted by molar-refractivity contribution is -0.114. The van der Waals surface area contributed by atoms with Gasteiger partial charge in [0.1, 0.15) is 11.5 Å². The first-order chi connectivity index (χ1) is 8.65. The van der Waals surface area contributed by atoms with Crippen molar-refractivity contribution in [1.82, 2.24) is 0 Å². The normalized spacial score (nSPS) is 9.83. The first-order valence-electron chi connectivity index (χ1n) is 5.48. The van der Waals surface area contributed by atoms with Crippen molar-refractivity contribution in [3.63, 3.8) is 0 Å². The number of anilines is 1. The van der Waals surface area contributed by atoms with Crippen molar-refractivity contribution in [1.29, 1.82) is 0 Å². The van der Waals surface area contributed by atoms with Crippen LogP contribution < -0.4 is 10.1 Å². The quantitative estimate of drug-likeness (QED) is 0.870. The number of nitrogens with one attached hydrogen (secondary N) is 1. The van der Waals surface area contributed by atoms with E-state index >= 15 is 0 Å². The summed E-state index contributed by atoms with van der Waals surface area (Å²) in [6.07, 6.45) is 0. The molecule has 18 heavy (non-hydrogen) atoms. The smallest absolute Gasteiger partial charge is 0.221 e. The van der Waals surface area contributed by atoms with Gasteiger partial charge < -0.3 is 15.2 Å². The third-order valence-corrected chi connectivity index (χ3v) is 2.26. The van der Waals surface area contributed by atoms with Gasteiger partial charge in [-0.1, -0.05) is 12.1 Å². The predicted molar refractivity (Wildman–Crippen MR) is 68.9 cm³/mol. The summed E-state index contributed by atoms with van der Waals surface area (Å²) in [5.41, 5.74) is 0.609. The second-order valence-corrected chi connectivity index (χ2v) is 3.77. The van der Waals surface area contributed by atoms with Crippen molar-refractivity contribution >= 4 is 11.6 Å². The molecule has 2 aromatic rings. The molecule has 0 spiro atoms. The number of hydrogen-bond acceptors (Lipinski definition) is 3. The molecule has 2 N–H and O–H groups in total. The molecule has 0 aliphatic rings. The zero-order valence-electron chi connectivity index (χ0n) is 9.88. The van der Waals surface area contributed by atoms with Crippen LogP contribution in [0.2, 0.25) is 0 Å². The van der Waals surface area contributed by atoms with E-state index in [4.69, 9.17) is 4.74 Å². The van der Waals surface area contributed by atoms with Crippen LogP contribution in [0, 0.1) is 0 Å². The van der Waals surface area contributed by atoms with Gasteiger partial charge in [-0.15, -0.1) is 0 Å². The number of phenols is 1. The summed E-state index contributed by atoms with van der Waals surface area (Å²) in [6.45, 7) is 1.44. The Kier molecular flexibility index (Phi) is 3.48. The Bertz CT molecular complexity index is 549. The van der Waals surface area contributed by atoms with Gasteiger partial charge in [-0.3, -0.25) is 4.79 Å². The molecular formula is C14H13NO3. The molecule has 1 amide bonds. The van der Waals surface area contributed by atoms with Crippen LogP contribution in [-0.2, 0) is 4.79 Å². The molecule has 0 saturated heterocycles. The molecule has 2 rings (SSSR count). The Balaban J connectivity index is 2.23. The van der Waals surface area contributed by atoms with E-state index in [-0.39, 0.29) is 11.7 Å². The first kappa shape index (κ1) is 12.0. The average Bonchev–Trinajstić information content (AvgIpc) is 2.34. The van der Waals surface area contributed by atoms with Gasteiger partial charge in [0.15, 0.2) is 5.75 Å². The molecule has 0 heterocycles. The van der Waals surface area contributed by atoms with Gasteiger partial charge in [0.2, 0.25) is 5.91 Å². The maximum atomic E-state index is 11.1. The zero-order chi connectivity index (χ0) is 13.0. The number of rotatable bonds is 3. The lowest BCUT2D eigenvalue weighted by Gasteiger charge is -2.11. The Labute approximate surface area is 105 Å². The molecule has 0 aromatic heterocycles. The van der Waals surface area contributed by atoms with E-state index in [0.717, 1.165) is 0 Å². The number of amides is 1. The van der Waals surface area contributed by atoms with Crippen molar-refractivity contribution in [2.45, 2.75) is 6.92 Å². The van der Waals surface area contributed by atoms with Crippen molar-refractivity contribution in [2.75, 3.05) is 5.32 Å². The van der Waals surface area contributed by atoms with E-state index < -0.39 is 0 Å². The van der Waals surface area contributed by atoms with E-state index in [2.05, 4.69) is 5.32 Å². The third kappa shape index (κ3) is 3.01. The zero-order valence-corrected chi connectivity index (χ0v) is 9.88. The summed E-state index contributed by atoms with van der Waals surface area (Å²) in [6, 6.07) is 13.5. The predicted octanol–water partition coefficient (Wildman–Crippen LogP) is 3.14. The van der Waals surface area contributed by atoms with Crippen LogP contribution in [-0.4, -0.2) is 11.0 Å². The van der Waals surface area contributed by atoms with Crippen LogP contribution in [0.4, 0.5) is 5.69 Å². The molecule has 4 heteroatoms. The van der Waals surface area contributed by atoms with Crippen molar-refractivity contribution in [3.05, 3.63) is 48.5 Å². The van der Waals surface area contributed by atoms with Crippen molar-refractivity contribution in [3.8, 4) is 17.2 Å². The topological polar surface area (TPSA) is 58.6 Å². The van der Waals surface area contributed by atoms with Gasteiger partial charge in [-0.2, -0.15) is 0 Å². The molecule has 0 unspecified atom stereocenters. The van der Waals surface area contributed by atoms with Crippen LogP contribution in [0.1, 0.15) is 6.92 Å². The number of phenolic OH excluding ortho intramolecular Hbond substituents is 1. The maximum Gasteiger partial charge on any atom is 0.221 e. The molecule has 0 aliphatic carbocycles. The summed E-state index contributed by atoms with van der Waals surface area (Å²) in [4.78, 5) is 11.1. The third-order valence-electron chi connectivity index (χ3n) is 2.26. The molecule has 92 valence electrons. The number of carbonyl (C=O) groups excluding carboxylic acids is 1. The fourth-order valence-corrected chi connectivity index (χ4v) is 1.49. The van der Waals surface area contributed by atoms with E-state index in [1.54, 1.807) is 24.3 Å². The Morgan fingerprint density at radius 3 is 2.44 bits per heavy atom. The second-order valence-electron chi connectivity index (χ2n) is 3.77. The highest BCUT2D eigenvalue weighted by Crippen LogP contribution is 2.29.